The van der Waals surface area contributed by atoms with E-state index in [4.69, 9.17) is 9.47 Å². The Labute approximate surface area is 301 Å². The molecule has 0 N–H and O–H groups in total. The largest absolute Gasteiger partial charge is 0.497 e. The fraction of sp³-hybridized carbons (Fsp3) is 0.318. The van der Waals surface area contributed by atoms with Gasteiger partial charge in [0.25, 0.3) is 0 Å². The van der Waals surface area contributed by atoms with Crippen LogP contribution in [0, 0.1) is 17.7 Å². The zero-order valence-electron chi connectivity index (χ0n) is 29.9. The second-order valence-electron chi connectivity index (χ2n) is 15.4. The number of methoxy groups -OCH3 is 1. The maximum Gasteiger partial charge on any atom is 0.416 e. The number of hydrogen-bond donors (Lipinski definition) is 0. The number of anilines is 2. The Balaban J connectivity index is 1.41. The first-order valence-electron chi connectivity index (χ1n) is 17.9. The first-order valence-corrected chi connectivity index (χ1v) is 17.9. The molecular formula is C44H40F4N2O2. The molecule has 52 heavy (non-hydrogen) atoms. The van der Waals surface area contributed by atoms with E-state index < -0.39 is 22.8 Å². The highest BCUT2D eigenvalue weighted by Crippen LogP contribution is 2.69. The molecule has 4 atom stereocenters. The lowest BCUT2D eigenvalue weighted by atomic mass is 9.65. The van der Waals surface area contributed by atoms with E-state index in [1.807, 2.05) is 58.5 Å². The van der Waals surface area contributed by atoms with Crippen LogP contribution in [-0.4, -0.2) is 35.3 Å². The lowest BCUT2D eigenvalue weighted by molar-refractivity contribution is -0.137. The van der Waals surface area contributed by atoms with E-state index in [0.29, 0.717) is 17.4 Å². The summed E-state index contributed by atoms with van der Waals surface area (Å²) in [5.74, 6) is 1.69. The fourth-order valence-electron chi connectivity index (χ4n) is 10.0. The molecule has 0 saturated heterocycles. The van der Waals surface area contributed by atoms with Crippen LogP contribution < -0.4 is 19.3 Å². The smallest absolute Gasteiger partial charge is 0.416 e. The Bertz CT molecular complexity index is 2290. The standard InChI is InChI=1S/C44H40F4N2O2/c1-49(2)37-22-34-35(23-38(37)50(3)4)41-33(18-19-43(52-41,26-8-13-30(45)14-9-26)27-10-15-31(51-5)16-11-27)40-39(34)32-17-12-29(44(46,47)48)21-36(32)42(40)24-25-6-7-28(42)20-25/h8-19,21-23,25,28H,6-7,20,24H2,1-5H3. The van der Waals surface area contributed by atoms with Crippen molar-refractivity contribution in [3.05, 3.63) is 124 Å². The van der Waals surface area contributed by atoms with Gasteiger partial charge in [-0.3, -0.25) is 0 Å². The van der Waals surface area contributed by atoms with Gasteiger partial charge < -0.3 is 19.3 Å². The van der Waals surface area contributed by atoms with Crippen LogP contribution in [0.1, 0.15) is 59.1 Å². The third kappa shape index (κ3) is 4.51. The summed E-state index contributed by atoms with van der Waals surface area (Å²) >= 11 is 0. The van der Waals surface area contributed by atoms with Crippen molar-refractivity contribution in [3.63, 3.8) is 0 Å². The molecule has 1 spiro atoms. The van der Waals surface area contributed by atoms with Crippen LogP contribution in [0.3, 0.4) is 0 Å². The van der Waals surface area contributed by atoms with Crippen LogP contribution in [0.25, 0.3) is 28.0 Å². The maximum absolute atomic E-state index is 14.4. The van der Waals surface area contributed by atoms with Crippen molar-refractivity contribution in [1.82, 2.24) is 0 Å². The molecule has 4 unspecified atom stereocenters. The summed E-state index contributed by atoms with van der Waals surface area (Å²) in [6, 6.07) is 22.9. The summed E-state index contributed by atoms with van der Waals surface area (Å²) in [4.78, 5) is 4.15. The summed E-state index contributed by atoms with van der Waals surface area (Å²) in [5.41, 5.74) is 5.91. The molecule has 4 aliphatic rings. The molecule has 0 radical (unpaired) electrons. The van der Waals surface area contributed by atoms with Crippen LogP contribution in [-0.2, 0) is 17.2 Å². The molecule has 266 valence electrons. The lowest BCUT2D eigenvalue weighted by Gasteiger charge is -2.41. The topological polar surface area (TPSA) is 24.9 Å². The van der Waals surface area contributed by atoms with Crippen LogP contribution in [0.5, 0.6) is 11.5 Å². The quantitative estimate of drug-likeness (QED) is 0.170. The van der Waals surface area contributed by atoms with Gasteiger partial charge in [0.05, 0.1) is 24.0 Å². The predicted octanol–water partition coefficient (Wildman–Crippen LogP) is 10.6. The van der Waals surface area contributed by atoms with E-state index in [1.165, 1.54) is 24.3 Å². The minimum Gasteiger partial charge on any atom is -0.497 e. The van der Waals surface area contributed by atoms with E-state index in [2.05, 4.69) is 28.0 Å². The summed E-state index contributed by atoms with van der Waals surface area (Å²) < 4.78 is 70.7. The third-order valence-corrected chi connectivity index (χ3v) is 12.3. The first kappa shape index (κ1) is 32.9. The van der Waals surface area contributed by atoms with Crippen molar-refractivity contribution in [2.24, 2.45) is 11.8 Å². The third-order valence-electron chi connectivity index (χ3n) is 12.3. The van der Waals surface area contributed by atoms with Crippen LogP contribution in [0.2, 0.25) is 0 Å². The Morgan fingerprint density at radius 3 is 2.04 bits per heavy atom. The second-order valence-corrected chi connectivity index (χ2v) is 15.4. The monoisotopic (exact) mass is 704 g/mol. The summed E-state index contributed by atoms with van der Waals surface area (Å²) in [6.45, 7) is 0. The predicted molar refractivity (Wildman–Crippen MR) is 199 cm³/mol. The van der Waals surface area contributed by atoms with Gasteiger partial charge in [0, 0.05) is 55.7 Å². The fourth-order valence-corrected chi connectivity index (χ4v) is 10.0. The molecule has 0 amide bonds. The number of rotatable bonds is 5. The van der Waals surface area contributed by atoms with E-state index in [0.717, 1.165) is 86.8 Å². The van der Waals surface area contributed by atoms with E-state index in [-0.39, 0.29) is 11.7 Å². The molecule has 1 aliphatic heterocycles. The Morgan fingerprint density at radius 1 is 0.808 bits per heavy atom. The highest BCUT2D eigenvalue weighted by atomic mass is 19.4. The highest BCUT2D eigenvalue weighted by molar-refractivity contribution is 6.11. The van der Waals surface area contributed by atoms with Gasteiger partial charge in [-0.2, -0.15) is 13.2 Å². The zero-order chi connectivity index (χ0) is 36.3. The molecule has 8 heteroatoms. The zero-order valence-corrected chi connectivity index (χ0v) is 29.9. The summed E-state index contributed by atoms with van der Waals surface area (Å²) in [5, 5.41) is 1.82. The molecule has 2 fully saturated rings. The molecule has 5 aromatic carbocycles. The average Bonchev–Trinajstić information content (AvgIpc) is 3.83. The van der Waals surface area contributed by atoms with Gasteiger partial charge >= 0.3 is 6.18 Å². The second kappa shape index (κ2) is 11.3. The van der Waals surface area contributed by atoms with E-state index in [9.17, 15) is 17.6 Å². The molecule has 3 aliphatic carbocycles. The number of benzene rings is 5. The Hall–Kier alpha value is -4.98. The minimum absolute atomic E-state index is 0.218. The lowest BCUT2D eigenvalue weighted by Crippen LogP contribution is -2.36. The number of halogens is 4. The van der Waals surface area contributed by atoms with Crippen molar-refractivity contribution < 1.29 is 27.0 Å². The summed E-state index contributed by atoms with van der Waals surface area (Å²) in [7, 11) is 9.66. The van der Waals surface area contributed by atoms with Gasteiger partial charge in [0.15, 0.2) is 5.60 Å². The number of ether oxygens (including phenoxy) is 2. The van der Waals surface area contributed by atoms with Gasteiger partial charge in [-0.25, -0.2) is 4.39 Å². The molecule has 0 aromatic heterocycles. The van der Waals surface area contributed by atoms with Gasteiger partial charge in [-0.05, 0) is 113 Å². The van der Waals surface area contributed by atoms with Crippen molar-refractivity contribution in [2.45, 2.75) is 42.9 Å². The molecule has 9 rings (SSSR count). The number of alkyl halides is 3. The molecule has 2 saturated carbocycles. The van der Waals surface area contributed by atoms with Crippen molar-refractivity contribution in [1.29, 1.82) is 0 Å². The van der Waals surface area contributed by atoms with Crippen LogP contribution in [0.4, 0.5) is 28.9 Å². The van der Waals surface area contributed by atoms with Crippen molar-refractivity contribution >= 4 is 28.2 Å². The number of fused-ring (bicyclic) bond motifs is 13. The molecule has 4 nitrogen and oxygen atoms in total. The SMILES string of the molecule is COc1ccc(C2(c3ccc(F)cc3)C=Cc3c4c(c5cc(N(C)C)c(N(C)C)cc5c3O2)-c2ccc(C(F)(F)F)cc2C42CC3CCC2C3)cc1. The van der Waals surface area contributed by atoms with Crippen LogP contribution in [0.15, 0.2) is 84.9 Å². The van der Waals surface area contributed by atoms with E-state index in [1.54, 1.807) is 25.3 Å². The van der Waals surface area contributed by atoms with Crippen molar-refractivity contribution in [2.75, 3.05) is 45.1 Å². The van der Waals surface area contributed by atoms with Gasteiger partial charge in [0.1, 0.15) is 17.3 Å². The number of hydrogen-bond acceptors (Lipinski definition) is 4. The minimum atomic E-state index is -4.46. The highest BCUT2D eigenvalue weighted by Gasteiger charge is 2.59. The normalized spacial score (nSPS) is 23.8. The Morgan fingerprint density at radius 2 is 1.46 bits per heavy atom. The van der Waals surface area contributed by atoms with Crippen molar-refractivity contribution in [3.8, 4) is 22.6 Å². The average molecular weight is 705 g/mol. The molecule has 2 bridgehead atoms. The van der Waals surface area contributed by atoms with Gasteiger partial charge in [0.2, 0.25) is 0 Å². The Kier molecular flexibility index (Phi) is 7.12. The van der Waals surface area contributed by atoms with E-state index >= 15 is 0 Å². The van der Waals surface area contributed by atoms with Gasteiger partial charge in [-0.15, -0.1) is 0 Å². The molecular weight excluding hydrogens is 664 g/mol. The van der Waals surface area contributed by atoms with Gasteiger partial charge in [-0.1, -0.05) is 42.8 Å². The van der Waals surface area contributed by atoms with Crippen LogP contribution >= 0.6 is 0 Å². The molecule has 1 heterocycles. The number of nitrogens with zero attached hydrogens (tertiary/aromatic N) is 2. The summed E-state index contributed by atoms with van der Waals surface area (Å²) in [6.07, 6.45) is 3.60. The maximum atomic E-state index is 14.4. The first-order chi connectivity index (χ1) is 24.9. The molecule has 5 aromatic rings.